The average Bonchev–Trinajstić information content (AvgIpc) is 2.90. The molecule has 0 saturated heterocycles. The van der Waals surface area contributed by atoms with Crippen molar-refractivity contribution in [2.45, 2.75) is 24.5 Å². The van der Waals surface area contributed by atoms with Gasteiger partial charge in [-0.2, -0.15) is 0 Å². The van der Waals surface area contributed by atoms with E-state index in [0.29, 0.717) is 31.8 Å². The third kappa shape index (κ3) is 3.22. The van der Waals surface area contributed by atoms with Crippen molar-refractivity contribution in [3.05, 3.63) is 24.0 Å². The van der Waals surface area contributed by atoms with Crippen molar-refractivity contribution in [1.82, 2.24) is 20.2 Å². The van der Waals surface area contributed by atoms with E-state index in [-0.39, 0.29) is 17.0 Å². The summed E-state index contributed by atoms with van der Waals surface area (Å²) in [6, 6.07) is 4.59. The monoisotopic (exact) mass is 352 g/mol. The normalized spacial score (nSPS) is 17.5. The zero-order valence-electron chi connectivity index (χ0n) is 13.6. The summed E-state index contributed by atoms with van der Waals surface area (Å²) in [5.74, 6) is 0.726. The Morgan fingerprint density at radius 3 is 2.92 bits per heavy atom. The summed E-state index contributed by atoms with van der Waals surface area (Å²) < 4.78 is 31.0. The zero-order valence-corrected chi connectivity index (χ0v) is 14.4. The maximum atomic E-state index is 11.7. The van der Waals surface area contributed by atoms with Crippen molar-refractivity contribution in [3.63, 3.8) is 0 Å². The molecule has 24 heavy (non-hydrogen) atoms. The summed E-state index contributed by atoms with van der Waals surface area (Å²) >= 11 is 0. The summed E-state index contributed by atoms with van der Waals surface area (Å²) in [5.41, 5.74) is 1.45. The number of urea groups is 1. The average molecular weight is 352 g/mol. The van der Waals surface area contributed by atoms with Crippen LogP contribution in [0.3, 0.4) is 0 Å². The molecule has 130 valence electrons. The number of hydrogen-bond acceptors (Lipinski definition) is 5. The second-order valence-corrected chi connectivity index (χ2v) is 7.75. The van der Waals surface area contributed by atoms with Gasteiger partial charge in [-0.15, -0.1) is 0 Å². The van der Waals surface area contributed by atoms with Gasteiger partial charge in [-0.05, 0) is 25.1 Å². The Labute approximate surface area is 140 Å². The number of nitrogens with one attached hydrogen (secondary N) is 2. The minimum Gasteiger partial charge on any atom is -0.371 e. The largest absolute Gasteiger partial charge is 0.371 e. The number of imidazole rings is 1. The van der Waals surface area contributed by atoms with Crippen LogP contribution in [0.4, 0.5) is 4.79 Å². The van der Waals surface area contributed by atoms with Crippen LogP contribution in [0.25, 0.3) is 11.0 Å². The second kappa shape index (κ2) is 6.40. The molecule has 9 heteroatoms. The van der Waals surface area contributed by atoms with Crippen molar-refractivity contribution in [3.8, 4) is 0 Å². The molecular formula is C15H20N4O4S. The number of ether oxygens (including phenoxy) is 1. The Balaban J connectivity index is 1.93. The van der Waals surface area contributed by atoms with Crippen LogP contribution in [-0.4, -0.2) is 50.0 Å². The van der Waals surface area contributed by atoms with Gasteiger partial charge in [0.15, 0.2) is 9.84 Å². The Morgan fingerprint density at radius 2 is 2.21 bits per heavy atom. The van der Waals surface area contributed by atoms with E-state index >= 15 is 0 Å². The van der Waals surface area contributed by atoms with Crippen LogP contribution in [0.2, 0.25) is 0 Å². The topological polar surface area (TPSA) is 102 Å². The van der Waals surface area contributed by atoms with Gasteiger partial charge < -0.3 is 19.9 Å². The number of sulfone groups is 1. The summed E-state index contributed by atoms with van der Waals surface area (Å²) in [6.07, 6.45) is 1.17. The standard InChI is InChI=1S/C15H20N4O4S/c1-3-16-15(20)17-7-10-8-23-9-14-18-12-6-11(24(2,21)22)4-5-13(12)19(10)14/h4-6,10H,3,7-9H2,1-2H3,(H2,16,17,20)/t10-/m0/s1. The molecule has 0 unspecified atom stereocenters. The molecule has 1 atom stereocenters. The number of aromatic nitrogens is 2. The number of carbonyl (C=O) groups is 1. The fraction of sp³-hybridized carbons (Fsp3) is 0.467. The molecule has 1 aromatic heterocycles. The van der Waals surface area contributed by atoms with Crippen LogP contribution in [-0.2, 0) is 21.2 Å². The van der Waals surface area contributed by atoms with Crippen molar-refractivity contribution < 1.29 is 17.9 Å². The Hall–Kier alpha value is -2.13. The van der Waals surface area contributed by atoms with Gasteiger partial charge in [0, 0.05) is 19.3 Å². The van der Waals surface area contributed by atoms with Crippen LogP contribution in [0.15, 0.2) is 23.1 Å². The molecule has 2 amide bonds. The van der Waals surface area contributed by atoms with E-state index in [1.54, 1.807) is 18.2 Å². The SMILES string of the molecule is CCNC(=O)NC[C@H]1COCc2nc3cc(S(C)(=O)=O)ccc3n21. The fourth-order valence-corrected chi connectivity index (χ4v) is 3.45. The van der Waals surface area contributed by atoms with Crippen LogP contribution >= 0.6 is 0 Å². The third-order valence-corrected chi connectivity index (χ3v) is 5.01. The maximum Gasteiger partial charge on any atom is 0.314 e. The highest BCUT2D eigenvalue weighted by atomic mass is 32.2. The Morgan fingerprint density at radius 1 is 1.42 bits per heavy atom. The van der Waals surface area contributed by atoms with Crippen molar-refractivity contribution in [2.24, 2.45) is 0 Å². The highest BCUT2D eigenvalue weighted by molar-refractivity contribution is 7.90. The van der Waals surface area contributed by atoms with E-state index in [9.17, 15) is 13.2 Å². The minimum atomic E-state index is -3.28. The number of rotatable bonds is 4. The summed E-state index contributed by atoms with van der Waals surface area (Å²) in [4.78, 5) is 16.3. The van der Waals surface area contributed by atoms with Gasteiger partial charge in [0.1, 0.15) is 12.4 Å². The van der Waals surface area contributed by atoms with Gasteiger partial charge in [-0.3, -0.25) is 0 Å². The third-order valence-electron chi connectivity index (χ3n) is 3.90. The molecule has 0 aliphatic carbocycles. The van der Waals surface area contributed by atoms with Gasteiger partial charge in [-0.1, -0.05) is 0 Å². The van der Waals surface area contributed by atoms with E-state index < -0.39 is 9.84 Å². The molecule has 0 radical (unpaired) electrons. The zero-order chi connectivity index (χ0) is 17.3. The van der Waals surface area contributed by atoms with Crippen LogP contribution in [0.5, 0.6) is 0 Å². The minimum absolute atomic E-state index is 0.0922. The number of benzene rings is 1. The van der Waals surface area contributed by atoms with E-state index in [2.05, 4.69) is 15.6 Å². The first kappa shape index (κ1) is 16.7. The Kier molecular flexibility index (Phi) is 4.46. The van der Waals surface area contributed by atoms with Gasteiger partial charge in [0.05, 0.1) is 28.6 Å². The molecule has 1 aromatic carbocycles. The predicted molar refractivity (Wildman–Crippen MR) is 88.6 cm³/mol. The first-order chi connectivity index (χ1) is 11.4. The molecule has 2 N–H and O–H groups in total. The van der Waals surface area contributed by atoms with Crippen LogP contribution in [0, 0.1) is 0 Å². The molecule has 0 fully saturated rings. The first-order valence-electron chi connectivity index (χ1n) is 7.70. The van der Waals surface area contributed by atoms with Crippen LogP contribution in [0.1, 0.15) is 18.8 Å². The second-order valence-electron chi connectivity index (χ2n) is 5.73. The lowest BCUT2D eigenvalue weighted by atomic mass is 10.2. The summed E-state index contributed by atoms with van der Waals surface area (Å²) in [5, 5.41) is 5.49. The van der Waals surface area contributed by atoms with Gasteiger partial charge in [0.25, 0.3) is 0 Å². The molecule has 1 aliphatic rings. The lowest BCUT2D eigenvalue weighted by Gasteiger charge is -2.26. The maximum absolute atomic E-state index is 11.7. The lowest BCUT2D eigenvalue weighted by Crippen LogP contribution is -2.40. The molecule has 2 heterocycles. The van der Waals surface area contributed by atoms with E-state index in [0.717, 1.165) is 11.3 Å². The van der Waals surface area contributed by atoms with Crippen molar-refractivity contribution in [1.29, 1.82) is 0 Å². The molecular weight excluding hydrogens is 332 g/mol. The smallest absolute Gasteiger partial charge is 0.314 e. The van der Waals surface area contributed by atoms with Gasteiger partial charge in [-0.25, -0.2) is 18.2 Å². The molecule has 2 aromatic rings. The summed E-state index contributed by atoms with van der Waals surface area (Å²) in [6.45, 7) is 3.63. The van der Waals surface area contributed by atoms with E-state index in [1.165, 1.54) is 6.26 Å². The molecule has 8 nitrogen and oxygen atoms in total. The number of amides is 2. The summed E-state index contributed by atoms with van der Waals surface area (Å²) in [7, 11) is -3.28. The molecule has 0 saturated carbocycles. The molecule has 0 bridgehead atoms. The van der Waals surface area contributed by atoms with E-state index in [1.807, 2.05) is 11.5 Å². The fourth-order valence-electron chi connectivity index (χ4n) is 2.81. The predicted octanol–water partition coefficient (Wildman–Crippen LogP) is 0.830. The quantitative estimate of drug-likeness (QED) is 0.848. The van der Waals surface area contributed by atoms with Gasteiger partial charge >= 0.3 is 6.03 Å². The van der Waals surface area contributed by atoms with E-state index in [4.69, 9.17) is 4.74 Å². The highest BCUT2D eigenvalue weighted by Crippen LogP contribution is 2.27. The number of carbonyl (C=O) groups excluding carboxylic acids is 1. The highest BCUT2D eigenvalue weighted by Gasteiger charge is 2.25. The number of fused-ring (bicyclic) bond motifs is 3. The molecule has 3 rings (SSSR count). The van der Waals surface area contributed by atoms with Crippen molar-refractivity contribution >= 4 is 26.9 Å². The van der Waals surface area contributed by atoms with Crippen molar-refractivity contribution in [2.75, 3.05) is 26.0 Å². The molecule has 0 spiro atoms. The molecule has 1 aliphatic heterocycles. The first-order valence-corrected chi connectivity index (χ1v) is 9.59. The lowest BCUT2D eigenvalue weighted by molar-refractivity contribution is 0.0572. The number of hydrogen-bond donors (Lipinski definition) is 2. The number of nitrogens with zero attached hydrogens (tertiary/aromatic N) is 2. The van der Waals surface area contributed by atoms with Crippen LogP contribution < -0.4 is 10.6 Å². The van der Waals surface area contributed by atoms with Gasteiger partial charge in [0.2, 0.25) is 0 Å². The Bertz CT molecular complexity index is 875.